The number of nitrogens with zero attached hydrogens (tertiary/aromatic N) is 2. The van der Waals surface area contributed by atoms with E-state index in [1.165, 1.54) is 0 Å². The Bertz CT molecular complexity index is 594. The van der Waals surface area contributed by atoms with Crippen LogP contribution >= 0.6 is 0 Å². The van der Waals surface area contributed by atoms with Gasteiger partial charge in [-0.15, -0.1) is 0 Å². The summed E-state index contributed by atoms with van der Waals surface area (Å²) in [4.78, 5) is 29.3. The lowest BCUT2D eigenvalue weighted by Crippen LogP contribution is -2.51. The van der Waals surface area contributed by atoms with Crippen LogP contribution in [-0.2, 0) is 22.6 Å². The number of amides is 1. The monoisotopic (exact) mass is 365 g/mol. The molecule has 146 valence electrons. The molecular formula is C19H31N3O4. The van der Waals surface area contributed by atoms with Gasteiger partial charge in [-0.05, 0) is 51.2 Å². The first-order valence-corrected chi connectivity index (χ1v) is 8.91. The highest BCUT2D eigenvalue weighted by Gasteiger charge is 2.34. The molecule has 26 heavy (non-hydrogen) atoms. The predicted molar refractivity (Wildman–Crippen MR) is 98.7 cm³/mol. The van der Waals surface area contributed by atoms with Crippen molar-refractivity contribution in [2.75, 3.05) is 0 Å². The molecule has 0 saturated carbocycles. The molecule has 1 rings (SSSR count). The number of hydrogen-bond donors (Lipinski definition) is 3. The lowest BCUT2D eigenvalue weighted by molar-refractivity contribution is -0.147. The number of carboxylic acids is 1. The summed E-state index contributed by atoms with van der Waals surface area (Å²) in [5, 5.41) is 18.2. The van der Waals surface area contributed by atoms with Gasteiger partial charge in [-0.3, -0.25) is 24.7 Å². The van der Waals surface area contributed by atoms with Crippen LogP contribution < -0.4 is 5.48 Å². The Balaban J connectivity index is 2.91. The van der Waals surface area contributed by atoms with E-state index in [1.807, 2.05) is 51.7 Å². The number of nitrogens with one attached hydrogen (secondary N) is 1. The highest BCUT2D eigenvalue weighted by atomic mass is 16.5. The van der Waals surface area contributed by atoms with Gasteiger partial charge in [0.2, 0.25) is 5.91 Å². The van der Waals surface area contributed by atoms with Crippen molar-refractivity contribution >= 4 is 11.9 Å². The normalized spacial score (nSPS) is 13.1. The van der Waals surface area contributed by atoms with E-state index < -0.39 is 17.9 Å². The van der Waals surface area contributed by atoms with Gasteiger partial charge in [0, 0.05) is 30.4 Å². The number of aryl methyl sites for hydroxylation is 1. The highest BCUT2D eigenvalue weighted by Crippen LogP contribution is 2.24. The number of pyridine rings is 1. The van der Waals surface area contributed by atoms with E-state index >= 15 is 0 Å². The van der Waals surface area contributed by atoms with E-state index in [4.69, 9.17) is 5.21 Å². The molecule has 0 bridgehead atoms. The number of aromatic nitrogens is 1. The molecule has 1 heterocycles. The molecular weight excluding hydrogens is 334 g/mol. The number of hydroxylamine groups is 1. The summed E-state index contributed by atoms with van der Waals surface area (Å²) >= 11 is 0. The molecule has 0 aliphatic heterocycles. The third kappa shape index (κ3) is 7.09. The van der Waals surface area contributed by atoms with Crippen LogP contribution in [0.25, 0.3) is 0 Å². The molecule has 0 aromatic carbocycles. The Labute approximate surface area is 155 Å². The molecule has 0 aliphatic carbocycles. The standard InChI is InChI=1S/C19H31N3O4/c1-13(2)10-16(18(24)25)22(19(3,4)5)12-14-6-7-15(20-11-14)8-9-17(23)21-26/h6-7,11,13,16,26H,8-10,12H2,1-5H3,(H,21,23)(H,24,25)/t16-/m0/s1. The molecule has 1 atom stereocenters. The molecule has 0 aliphatic rings. The summed E-state index contributed by atoms with van der Waals surface area (Å²) in [7, 11) is 0. The fourth-order valence-electron chi connectivity index (χ4n) is 2.81. The molecule has 1 aromatic heterocycles. The number of carbonyl (C=O) groups excluding carboxylic acids is 1. The third-order valence-electron chi connectivity index (χ3n) is 4.19. The van der Waals surface area contributed by atoms with Crippen molar-refractivity contribution in [2.45, 2.75) is 72.0 Å². The van der Waals surface area contributed by atoms with Gasteiger partial charge in [0.25, 0.3) is 0 Å². The molecule has 0 spiro atoms. The summed E-state index contributed by atoms with van der Waals surface area (Å²) < 4.78 is 0. The van der Waals surface area contributed by atoms with Crippen LogP contribution in [0.15, 0.2) is 18.3 Å². The summed E-state index contributed by atoms with van der Waals surface area (Å²) in [5.74, 6) is -0.986. The van der Waals surface area contributed by atoms with Gasteiger partial charge >= 0.3 is 5.97 Å². The van der Waals surface area contributed by atoms with Crippen molar-refractivity contribution in [2.24, 2.45) is 5.92 Å². The molecule has 1 aromatic rings. The summed E-state index contributed by atoms with van der Waals surface area (Å²) in [6.07, 6.45) is 2.89. The van der Waals surface area contributed by atoms with E-state index in [-0.39, 0.29) is 17.9 Å². The van der Waals surface area contributed by atoms with Crippen molar-refractivity contribution in [3.05, 3.63) is 29.6 Å². The zero-order chi connectivity index (χ0) is 19.9. The Hall–Kier alpha value is -1.99. The Kier molecular flexibility index (Phi) is 8.17. The lowest BCUT2D eigenvalue weighted by atomic mass is 9.95. The maximum Gasteiger partial charge on any atom is 0.320 e. The maximum atomic E-state index is 11.8. The van der Waals surface area contributed by atoms with Crippen molar-refractivity contribution in [1.29, 1.82) is 0 Å². The average molecular weight is 365 g/mol. The Morgan fingerprint density at radius 1 is 1.27 bits per heavy atom. The third-order valence-corrected chi connectivity index (χ3v) is 4.19. The second kappa shape index (κ2) is 9.64. The summed E-state index contributed by atoms with van der Waals surface area (Å²) in [6.45, 7) is 10.6. The first-order valence-electron chi connectivity index (χ1n) is 8.91. The topological polar surface area (TPSA) is 103 Å². The Morgan fingerprint density at radius 3 is 2.35 bits per heavy atom. The van der Waals surface area contributed by atoms with E-state index in [2.05, 4.69) is 4.98 Å². The zero-order valence-corrected chi connectivity index (χ0v) is 16.3. The van der Waals surface area contributed by atoms with E-state index in [1.54, 1.807) is 11.7 Å². The predicted octanol–water partition coefficient (Wildman–Crippen LogP) is 2.62. The quantitative estimate of drug-likeness (QED) is 0.459. The average Bonchev–Trinajstić information content (AvgIpc) is 2.55. The van der Waals surface area contributed by atoms with Crippen LogP contribution in [0.4, 0.5) is 0 Å². The van der Waals surface area contributed by atoms with E-state index in [9.17, 15) is 14.7 Å². The van der Waals surface area contributed by atoms with Gasteiger partial charge in [0.05, 0.1) is 0 Å². The van der Waals surface area contributed by atoms with Crippen molar-refractivity contribution in [3.63, 3.8) is 0 Å². The van der Waals surface area contributed by atoms with Crippen LogP contribution in [0.3, 0.4) is 0 Å². The molecule has 0 radical (unpaired) electrons. The first kappa shape index (κ1) is 22.1. The van der Waals surface area contributed by atoms with Crippen LogP contribution in [-0.4, -0.2) is 43.7 Å². The number of hydrogen-bond acceptors (Lipinski definition) is 5. The lowest BCUT2D eigenvalue weighted by Gasteiger charge is -2.40. The van der Waals surface area contributed by atoms with Gasteiger partial charge < -0.3 is 5.11 Å². The van der Waals surface area contributed by atoms with Gasteiger partial charge in [0.15, 0.2) is 0 Å². The van der Waals surface area contributed by atoms with Crippen molar-refractivity contribution in [3.8, 4) is 0 Å². The zero-order valence-electron chi connectivity index (χ0n) is 16.3. The largest absolute Gasteiger partial charge is 0.480 e. The number of rotatable bonds is 9. The van der Waals surface area contributed by atoms with Gasteiger partial charge in [-0.1, -0.05) is 19.9 Å². The number of carboxylic acid groups (broad SMARTS) is 1. The van der Waals surface area contributed by atoms with Gasteiger partial charge in [-0.2, -0.15) is 0 Å². The maximum absolute atomic E-state index is 11.8. The molecule has 0 fully saturated rings. The smallest absolute Gasteiger partial charge is 0.320 e. The molecule has 7 nitrogen and oxygen atoms in total. The SMILES string of the molecule is CC(C)C[C@@H](C(=O)O)N(Cc1ccc(CCC(=O)NO)nc1)C(C)(C)C. The van der Waals surface area contributed by atoms with Crippen molar-refractivity contribution < 1.29 is 19.9 Å². The minimum absolute atomic E-state index is 0.159. The summed E-state index contributed by atoms with van der Waals surface area (Å²) in [6, 6.07) is 3.17. The fourth-order valence-corrected chi connectivity index (χ4v) is 2.81. The molecule has 0 unspecified atom stereocenters. The highest BCUT2D eigenvalue weighted by molar-refractivity contribution is 5.74. The minimum Gasteiger partial charge on any atom is -0.480 e. The second-order valence-corrected chi connectivity index (χ2v) is 7.98. The van der Waals surface area contributed by atoms with Gasteiger partial charge in [-0.25, -0.2) is 5.48 Å². The molecule has 1 amide bonds. The molecule has 3 N–H and O–H groups in total. The molecule has 7 heteroatoms. The first-order chi connectivity index (χ1) is 12.0. The molecule has 0 saturated heterocycles. The van der Waals surface area contributed by atoms with Crippen molar-refractivity contribution in [1.82, 2.24) is 15.4 Å². The minimum atomic E-state index is -0.812. The van der Waals surface area contributed by atoms with Crippen LogP contribution in [0.2, 0.25) is 0 Å². The van der Waals surface area contributed by atoms with E-state index in [0.717, 1.165) is 11.3 Å². The van der Waals surface area contributed by atoms with E-state index in [0.29, 0.717) is 19.4 Å². The van der Waals surface area contributed by atoms with Crippen LogP contribution in [0.1, 0.15) is 58.7 Å². The van der Waals surface area contributed by atoms with Crippen LogP contribution in [0.5, 0.6) is 0 Å². The number of carbonyl (C=O) groups is 2. The second-order valence-electron chi connectivity index (χ2n) is 7.98. The Morgan fingerprint density at radius 2 is 1.92 bits per heavy atom. The summed E-state index contributed by atoms with van der Waals surface area (Å²) in [5.41, 5.74) is 2.96. The number of aliphatic carboxylic acids is 1. The van der Waals surface area contributed by atoms with Crippen LogP contribution in [0, 0.1) is 5.92 Å². The fraction of sp³-hybridized carbons (Fsp3) is 0.632. The van der Waals surface area contributed by atoms with Gasteiger partial charge in [0.1, 0.15) is 6.04 Å².